The molecule has 7 nitrogen and oxygen atoms in total. The fourth-order valence-electron chi connectivity index (χ4n) is 3.29. The molecule has 0 radical (unpaired) electrons. The second-order valence-electron chi connectivity index (χ2n) is 8.26. The van der Waals surface area contributed by atoms with Gasteiger partial charge in [-0.1, -0.05) is 6.08 Å². The first kappa shape index (κ1) is 21.3. The lowest BCUT2D eigenvalue weighted by Gasteiger charge is -2.39. The van der Waals surface area contributed by atoms with Gasteiger partial charge in [0.2, 0.25) is 5.91 Å². The van der Waals surface area contributed by atoms with Crippen molar-refractivity contribution in [3.05, 3.63) is 12.2 Å². The number of nitrogens with zero attached hydrogens (tertiary/aromatic N) is 2. The number of allylic oxidation sites excluding steroid dienone is 1. The van der Waals surface area contributed by atoms with Crippen LogP contribution in [0.4, 0.5) is 4.79 Å². The second-order valence-corrected chi connectivity index (χ2v) is 8.26. The molecule has 0 saturated carbocycles. The summed E-state index contributed by atoms with van der Waals surface area (Å²) in [5, 5.41) is 0. The molecule has 152 valence electrons. The largest absolute Gasteiger partial charge is 0.466 e. The molecule has 7 heteroatoms. The first-order valence-electron chi connectivity index (χ1n) is 9.79. The zero-order valence-electron chi connectivity index (χ0n) is 16.9. The normalized spacial score (nSPS) is 21.1. The van der Waals surface area contributed by atoms with Gasteiger partial charge in [0.05, 0.1) is 12.5 Å². The van der Waals surface area contributed by atoms with Crippen molar-refractivity contribution < 1.29 is 23.9 Å². The average Bonchev–Trinajstić information content (AvgIpc) is 2.55. The highest BCUT2D eigenvalue weighted by atomic mass is 16.6. The summed E-state index contributed by atoms with van der Waals surface area (Å²) in [6, 6.07) is 0. The van der Waals surface area contributed by atoms with E-state index in [4.69, 9.17) is 9.47 Å². The van der Waals surface area contributed by atoms with Crippen molar-refractivity contribution >= 4 is 18.0 Å². The summed E-state index contributed by atoms with van der Waals surface area (Å²) in [4.78, 5) is 39.5. The molecule has 0 bridgehead atoms. The fraction of sp³-hybridized carbons (Fsp3) is 0.750. The molecule has 2 aliphatic rings. The first-order chi connectivity index (χ1) is 12.7. The van der Waals surface area contributed by atoms with Gasteiger partial charge in [0.15, 0.2) is 0 Å². The zero-order valence-corrected chi connectivity index (χ0v) is 16.9. The standard InChI is InChI=1S/C20H32N2O5/c1-5-26-18(24)16-9-7-11-21(14-16)17(23)10-6-8-15-12-22(13-15)19(25)27-20(2,3)4/h6,10,15-16H,5,7-9,11-14H2,1-4H3/b10-6+/t16-/m1/s1. The highest BCUT2D eigenvalue weighted by molar-refractivity contribution is 5.88. The van der Waals surface area contributed by atoms with Gasteiger partial charge in [-0.15, -0.1) is 0 Å². The van der Waals surface area contributed by atoms with Crippen molar-refractivity contribution in [1.29, 1.82) is 0 Å². The molecule has 2 aliphatic heterocycles. The Balaban J connectivity index is 1.70. The Morgan fingerprint density at radius 3 is 2.44 bits per heavy atom. The molecule has 0 unspecified atom stereocenters. The monoisotopic (exact) mass is 380 g/mol. The Morgan fingerprint density at radius 2 is 1.81 bits per heavy atom. The van der Waals surface area contributed by atoms with Gasteiger partial charge < -0.3 is 19.3 Å². The molecular formula is C20H32N2O5. The maximum atomic E-state index is 12.3. The van der Waals surface area contributed by atoms with Gasteiger partial charge in [0.1, 0.15) is 5.60 Å². The molecule has 0 aromatic heterocycles. The minimum atomic E-state index is -0.482. The van der Waals surface area contributed by atoms with Crippen molar-refractivity contribution in [2.45, 2.75) is 52.6 Å². The van der Waals surface area contributed by atoms with Crippen LogP contribution >= 0.6 is 0 Å². The van der Waals surface area contributed by atoms with Crippen molar-refractivity contribution in [3.8, 4) is 0 Å². The van der Waals surface area contributed by atoms with Crippen LogP contribution in [0.2, 0.25) is 0 Å². The summed E-state index contributed by atoms with van der Waals surface area (Å²) in [6.07, 6.45) is 5.51. The Kier molecular flexibility index (Phi) is 7.27. The highest BCUT2D eigenvalue weighted by Crippen LogP contribution is 2.23. The molecule has 2 rings (SSSR count). The van der Waals surface area contributed by atoms with Crippen LogP contribution < -0.4 is 0 Å². The number of ether oxygens (including phenoxy) is 2. The Hall–Kier alpha value is -2.05. The van der Waals surface area contributed by atoms with Crippen LogP contribution in [0.3, 0.4) is 0 Å². The molecule has 0 aromatic carbocycles. The lowest BCUT2D eigenvalue weighted by Crippen LogP contribution is -2.51. The van der Waals surface area contributed by atoms with Crippen molar-refractivity contribution in [3.63, 3.8) is 0 Å². The fourth-order valence-corrected chi connectivity index (χ4v) is 3.29. The quantitative estimate of drug-likeness (QED) is 0.541. The van der Waals surface area contributed by atoms with Crippen LogP contribution in [-0.4, -0.2) is 66.2 Å². The van der Waals surface area contributed by atoms with E-state index in [1.54, 1.807) is 22.8 Å². The Morgan fingerprint density at radius 1 is 1.11 bits per heavy atom. The van der Waals surface area contributed by atoms with Crippen molar-refractivity contribution in [1.82, 2.24) is 9.80 Å². The van der Waals surface area contributed by atoms with Gasteiger partial charge in [-0.25, -0.2) is 4.79 Å². The third-order valence-corrected chi connectivity index (χ3v) is 4.69. The van der Waals surface area contributed by atoms with Gasteiger partial charge in [-0.05, 0) is 59.0 Å². The lowest BCUT2D eigenvalue weighted by molar-refractivity contribution is -0.150. The lowest BCUT2D eigenvalue weighted by atomic mass is 9.96. The van der Waals surface area contributed by atoms with E-state index in [0.29, 0.717) is 38.7 Å². The number of piperidine rings is 1. The first-order valence-corrected chi connectivity index (χ1v) is 9.79. The third kappa shape index (κ3) is 6.56. The topological polar surface area (TPSA) is 76.2 Å². The molecule has 2 heterocycles. The van der Waals surface area contributed by atoms with Crippen molar-refractivity contribution in [2.24, 2.45) is 11.8 Å². The third-order valence-electron chi connectivity index (χ3n) is 4.69. The number of likely N-dealkylation sites (tertiary alicyclic amines) is 2. The van der Waals surface area contributed by atoms with E-state index in [1.165, 1.54) is 0 Å². The summed E-state index contributed by atoms with van der Waals surface area (Å²) >= 11 is 0. The SMILES string of the molecule is CCOC(=O)[C@@H]1CCCN(C(=O)/C=C/CC2CN(C(=O)OC(C)(C)C)C2)C1. The summed E-state index contributed by atoms with van der Waals surface area (Å²) in [7, 11) is 0. The summed E-state index contributed by atoms with van der Waals surface area (Å²) in [5.41, 5.74) is -0.482. The number of carbonyl (C=O) groups is 3. The van der Waals surface area contributed by atoms with Crippen LogP contribution in [0.1, 0.15) is 47.0 Å². The molecule has 0 aromatic rings. The number of hydrogen-bond donors (Lipinski definition) is 0. The molecule has 0 aliphatic carbocycles. The van der Waals surface area contributed by atoms with E-state index < -0.39 is 5.60 Å². The summed E-state index contributed by atoms with van der Waals surface area (Å²) in [5.74, 6) is -0.136. The zero-order chi connectivity index (χ0) is 20.0. The molecule has 2 amide bonds. The smallest absolute Gasteiger partial charge is 0.410 e. The average molecular weight is 380 g/mol. The van der Waals surface area contributed by atoms with E-state index in [0.717, 1.165) is 19.3 Å². The van der Waals surface area contributed by atoms with Gasteiger partial charge in [0.25, 0.3) is 0 Å². The molecule has 0 spiro atoms. The molecule has 0 N–H and O–H groups in total. The van der Waals surface area contributed by atoms with Crippen LogP contribution in [0, 0.1) is 11.8 Å². The summed E-state index contributed by atoms with van der Waals surface area (Å²) in [6.45, 7) is 10.1. The van der Waals surface area contributed by atoms with Gasteiger partial charge >= 0.3 is 12.1 Å². The summed E-state index contributed by atoms with van der Waals surface area (Å²) < 4.78 is 10.4. The van der Waals surface area contributed by atoms with Gasteiger partial charge in [0, 0.05) is 26.2 Å². The van der Waals surface area contributed by atoms with E-state index in [1.807, 2.05) is 26.8 Å². The van der Waals surface area contributed by atoms with Gasteiger partial charge in [-0.2, -0.15) is 0 Å². The van der Waals surface area contributed by atoms with E-state index >= 15 is 0 Å². The van der Waals surface area contributed by atoms with E-state index in [2.05, 4.69) is 0 Å². The Labute approximate surface area is 161 Å². The van der Waals surface area contributed by atoms with E-state index in [9.17, 15) is 14.4 Å². The number of esters is 1. The maximum Gasteiger partial charge on any atom is 0.410 e. The molecule has 1 atom stereocenters. The van der Waals surface area contributed by atoms with Crippen LogP contribution in [0.25, 0.3) is 0 Å². The van der Waals surface area contributed by atoms with Crippen LogP contribution in [-0.2, 0) is 19.1 Å². The predicted octanol–water partition coefficient (Wildman–Crippen LogP) is 2.60. The number of carbonyl (C=O) groups excluding carboxylic acids is 3. The minimum absolute atomic E-state index is 0.0627. The minimum Gasteiger partial charge on any atom is -0.466 e. The number of hydrogen-bond acceptors (Lipinski definition) is 5. The highest BCUT2D eigenvalue weighted by Gasteiger charge is 2.33. The van der Waals surface area contributed by atoms with Crippen LogP contribution in [0.5, 0.6) is 0 Å². The molecule has 2 fully saturated rings. The Bertz CT molecular complexity index is 575. The maximum absolute atomic E-state index is 12.3. The molecular weight excluding hydrogens is 348 g/mol. The second kappa shape index (κ2) is 9.24. The van der Waals surface area contributed by atoms with Crippen molar-refractivity contribution in [2.75, 3.05) is 32.8 Å². The van der Waals surface area contributed by atoms with Gasteiger partial charge in [-0.3, -0.25) is 9.59 Å². The predicted molar refractivity (Wildman–Crippen MR) is 101 cm³/mol. The number of rotatable bonds is 5. The molecule has 2 saturated heterocycles. The van der Waals surface area contributed by atoms with Crippen LogP contribution in [0.15, 0.2) is 12.2 Å². The number of amides is 2. The molecule has 27 heavy (non-hydrogen) atoms. The van der Waals surface area contributed by atoms with E-state index in [-0.39, 0.29) is 23.9 Å².